The molecule has 4 aromatic carbocycles. The Labute approximate surface area is 372 Å². The fraction of sp³-hybridized carbons (Fsp3) is 0.318. The van der Waals surface area contributed by atoms with Gasteiger partial charge in [0.25, 0.3) is 0 Å². The normalized spacial score (nSPS) is 15.5. The highest BCUT2D eigenvalue weighted by molar-refractivity contribution is 7.89. The lowest BCUT2D eigenvalue weighted by Crippen LogP contribution is -2.48. The smallest absolute Gasteiger partial charge is 0.244 e. The Morgan fingerprint density at radius 3 is 1.50 bits per heavy atom. The third-order valence-corrected chi connectivity index (χ3v) is 17.7. The number of anilines is 2. The van der Waals surface area contributed by atoms with Crippen molar-refractivity contribution in [1.82, 2.24) is 18.6 Å². The Morgan fingerprint density at radius 2 is 1.02 bits per heavy atom. The van der Waals surface area contributed by atoms with Gasteiger partial charge < -0.3 is 9.80 Å². The largest absolute Gasteiger partial charge is 0.345 e. The molecule has 0 amide bonds. The van der Waals surface area contributed by atoms with Crippen LogP contribution in [0.4, 0.5) is 10.3 Å². The van der Waals surface area contributed by atoms with Gasteiger partial charge >= 0.3 is 0 Å². The van der Waals surface area contributed by atoms with Gasteiger partial charge in [0.05, 0.1) is 21.4 Å². The van der Waals surface area contributed by atoms with Crippen LogP contribution in [0.25, 0.3) is 0 Å². The summed E-state index contributed by atoms with van der Waals surface area (Å²) in [7, 11) is -7.17. The van der Waals surface area contributed by atoms with E-state index in [4.69, 9.17) is 33.2 Å². The third kappa shape index (κ3) is 10.1. The molecule has 8 rings (SSSR count). The second kappa shape index (κ2) is 19.0. The summed E-state index contributed by atoms with van der Waals surface area (Å²) in [6.07, 6.45) is 1.62. The van der Waals surface area contributed by atoms with Crippen LogP contribution >= 0.6 is 45.9 Å². The maximum atomic E-state index is 12.9. The van der Waals surface area contributed by atoms with Crippen molar-refractivity contribution in [3.8, 4) is 0 Å². The van der Waals surface area contributed by atoms with Crippen LogP contribution in [0.5, 0.6) is 0 Å². The van der Waals surface area contributed by atoms with E-state index < -0.39 is 20.0 Å². The molecule has 2 aliphatic heterocycles. The lowest BCUT2D eigenvalue weighted by Gasteiger charge is -2.33. The summed E-state index contributed by atoms with van der Waals surface area (Å²) in [5.41, 5.74) is 9.81. The Balaban J connectivity index is 0.000000181. The standard InChI is InChI=1S/2C22H24ClN3O2S2/c1-16-6-5-7-18(17(16)2)14-19-15-29-22(24-19)25-10-12-26(13-11-25)30(27,28)21-9-4-3-8-20(21)23;1-16-7-8-17(2)18(13-16)14-19-15-29-22(24-19)25-9-11-26(12-10-25)30(27,28)21-6-4-3-5-20(21)23/h3-9,15H,10-14H2,1-2H3;3-8,13,15H,9-12,14H2,1-2H3. The van der Waals surface area contributed by atoms with Crippen LogP contribution in [-0.2, 0) is 32.9 Å². The molecule has 4 heterocycles. The van der Waals surface area contributed by atoms with Gasteiger partial charge in [0.1, 0.15) is 9.79 Å². The van der Waals surface area contributed by atoms with E-state index in [0.29, 0.717) is 52.4 Å². The number of aromatic nitrogens is 2. The van der Waals surface area contributed by atoms with E-state index in [2.05, 4.69) is 84.7 Å². The van der Waals surface area contributed by atoms with Gasteiger partial charge in [-0.25, -0.2) is 26.8 Å². The zero-order chi connectivity index (χ0) is 42.6. The molecule has 0 radical (unpaired) electrons. The summed E-state index contributed by atoms with van der Waals surface area (Å²) in [5.74, 6) is 0. The van der Waals surface area contributed by atoms with Crippen molar-refractivity contribution in [2.75, 3.05) is 62.2 Å². The van der Waals surface area contributed by atoms with Gasteiger partial charge in [-0.2, -0.15) is 8.61 Å². The number of aryl methyl sites for hydroxylation is 3. The zero-order valence-corrected chi connectivity index (χ0v) is 38.8. The van der Waals surface area contributed by atoms with Gasteiger partial charge in [-0.15, -0.1) is 22.7 Å². The first-order valence-electron chi connectivity index (χ1n) is 19.7. The van der Waals surface area contributed by atoms with E-state index in [0.717, 1.165) is 34.5 Å². The van der Waals surface area contributed by atoms with Crippen molar-refractivity contribution in [2.45, 2.75) is 50.3 Å². The molecule has 0 unspecified atom stereocenters. The number of piperazine rings is 2. The summed E-state index contributed by atoms with van der Waals surface area (Å²) in [5, 5.41) is 6.62. The first kappa shape index (κ1) is 44.2. The molecule has 60 heavy (non-hydrogen) atoms. The molecule has 0 N–H and O–H groups in total. The molecule has 0 bridgehead atoms. The van der Waals surface area contributed by atoms with Crippen LogP contribution in [0.1, 0.15) is 44.8 Å². The quantitative estimate of drug-likeness (QED) is 0.134. The van der Waals surface area contributed by atoms with E-state index in [1.807, 2.05) is 0 Å². The van der Waals surface area contributed by atoms with Crippen LogP contribution in [-0.4, -0.2) is 87.8 Å². The van der Waals surface area contributed by atoms with Crippen LogP contribution in [0.2, 0.25) is 10.0 Å². The molecule has 0 saturated carbocycles. The van der Waals surface area contributed by atoms with Crippen molar-refractivity contribution in [1.29, 1.82) is 0 Å². The number of nitrogens with zero attached hydrogens (tertiary/aromatic N) is 6. The summed E-state index contributed by atoms with van der Waals surface area (Å²) in [6, 6.07) is 26.1. The van der Waals surface area contributed by atoms with Gasteiger partial charge in [-0.3, -0.25) is 0 Å². The number of thiazole rings is 2. The molecule has 2 aromatic heterocycles. The number of sulfonamides is 2. The van der Waals surface area contributed by atoms with Crippen LogP contribution in [0, 0.1) is 27.7 Å². The average molecular weight is 924 g/mol. The number of rotatable bonds is 10. The highest BCUT2D eigenvalue weighted by atomic mass is 35.5. The maximum Gasteiger partial charge on any atom is 0.244 e. The summed E-state index contributed by atoms with van der Waals surface area (Å²) >= 11 is 15.5. The van der Waals surface area contributed by atoms with E-state index >= 15 is 0 Å². The highest BCUT2D eigenvalue weighted by Crippen LogP contribution is 2.30. The minimum atomic E-state index is -3.58. The molecule has 6 aromatic rings. The van der Waals surface area contributed by atoms with Crippen molar-refractivity contribution < 1.29 is 16.8 Å². The highest BCUT2D eigenvalue weighted by Gasteiger charge is 2.32. The number of benzene rings is 4. The lowest BCUT2D eigenvalue weighted by atomic mass is 10.0. The average Bonchev–Trinajstić information content (AvgIpc) is 3.92. The number of hydrogen-bond donors (Lipinski definition) is 0. The molecular formula is C44H48Cl2N6O4S4. The second-order valence-electron chi connectivity index (χ2n) is 15.0. The van der Waals surface area contributed by atoms with E-state index in [-0.39, 0.29) is 19.8 Å². The third-order valence-electron chi connectivity index (χ3n) is 11.0. The second-order valence-corrected chi connectivity index (χ2v) is 21.3. The minimum absolute atomic E-state index is 0.171. The predicted molar refractivity (Wildman–Crippen MR) is 247 cm³/mol. The van der Waals surface area contributed by atoms with Gasteiger partial charge in [-0.1, -0.05) is 89.4 Å². The molecule has 10 nitrogen and oxygen atoms in total. The lowest BCUT2D eigenvalue weighted by molar-refractivity contribution is 0.384. The fourth-order valence-electron chi connectivity index (χ4n) is 7.26. The Kier molecular flexibility index (Phi) is 14.0. The topological polar surface area (TPSA) is 107 Å². The molecular weight excluding hydrogens is 876 g/mol. The molecule has 2 fully saturated rings. The zero-order valence-electron chi connectivity index (χ0n) is 34.0. The van der Waals surface area contributed by atoms with Gasteiger partial charge in [-0.05, 0) is 79.8 Å². The summed E-state index contributed by atoms with van der Waals surface area (Å²) in [4.78, 5) is 14.3. The van der Waals surface area contributed by atoms with E-state index in [1.165, 1.54) is 42.0 Å². The first-order valence-corrected chi connectivity index (χ1v) is 25.1. The molecule has 316 valence electrons. The van der Waals surface area contributed by atoms with Gasteiger partial charge in [0.2, 0.25) is 20.0 Å². The van der Waals surface area contributed by atoms with Crippen molar-refractivity contribution in [2.24, 2.45) is 0 Å². The minimum Gasteiger partial charge on any atom is -0.345 e. The SMILES string of the molecule is Cc1ccc(C)c(Cc2csc(N3CCN(S(=O)(=O)c4ccccc4Cl)CC3)n2)c1.Cc1cccc(Cc2csc(N3CCN(S(=O)(=O)c4ccccc4Cl)CC3)n2)c1C. The van der Waals surface area contributed by atoms with Crippen molar-refractivity contribution in [3.63, 3.8) is 0 Å². The summed E-state index contributed by atoms with van der Waals surface area (Å²) in [6.45, 7) is 12.6. The fourth-order valence-corrected chi connectivity index (χ4v) is 12.8. The monoisotopic (exact) mass is 922 g/mol. The van der Waals surface area contributed by atoms with Crippen LogP contribution < -0.4 is 9.80 Å². The first-order chi connectivity index (χ1) is 28.7. The van der Waals surface area contributed by atoms with Gasteiger partial charge in [0.15, 0.2) is 10.3 Å². The predicted octanol–water partition coefficient (Wildman–Crippen LogP) is 9.03. The van der Waals surface area contributed by atoms with Crippen molar-refractivity contribution in [3.05, 3.63) is 151 Å². The van der Waals surface area contributed by atoms with Crippen LogP contribution in [0.15, 0.2) is 105 Å². The maximum absolute atomic E-state index is 12.9. The molecule has 2 saturated heterocycles. The Hall–Kier alpha value is -3.86. The molecule has 0 aliphatic carbocycles. The van der Waals surface area contributed by atoms with Gasteiger partial charge in [0, 0.05) is 76.0 Å². The summed E-state index contributed by atoms with van der Waals surface area (Å²) < 4.78 is 54.7. The van der Waals surface area contributed by atoms with Crippen LogP contribution in [0.3, 0.4) is 0 Å². The molecule has 0 spiro atoms. The molecule has 0 atom stereocenters. The number of hydrogen-bond acceptors (Lipinski definition) is 10. The molecule has 16 heteroatoms. The van der Waals surface area contributed by atoms with Crippen molar-refractivity contribution >= 4 is 76.2 Å². The van der Waals surface area contributed by atoms with E-state index in [9.17, 15) is 16.8 Å². The molecule has 2 aliphatic rings. The Morgan fingerprint density at radius 1 is 0.550 bits per heavy atom. The number of halogens is 2. The Bertz CT molecular complexity index is 2540. The van der Waals surface area contributed by atoms with E-state index in [1.54, 1.807) is 71.2 Å².